The Kier molecular flexibility index (Phi) is 3.99. The molecule has 1 saturated heterocycles. The van der Waals surface area contributed by atoms with Gasteiger partial charge >= 0.3 is 0 Å². The lowest BCUT2D eigenvalue weighted by atomic mass is 10.0. The Bertz CT molecular complexity index is 512. The van der Waals surface area contributed by atoms with E-state index in [0.29, 0.717) is 23.9 Å². The Morgan fingerprint density at radius 2 is 1.89 bits per heavy atom. The van der Waals surface area contributed by atoms with Crippen LogP contribution in [0.2, 0.25) is 0 Å². The molecule has 0 aliphatic carbocycles. The minimum atomic E-state index is -3.39. The molecule has 1 aromatic rings. The average Bonchev–Trinajstić information content (AvgIpc) is 2.33. The zero-order valence-corrected chi connectivity index (χ0v) is 12.2. The quantitative estimate of drug-likeness (QED) is 0.784. The number of benzene rings is 1. The normalized spacial score (nSPS) is 26.2. The number of halogens is 1. The summed E-state index contributed by atoms with van der Waals surface area (Å²) in [5, 5.41) is -0.0982. The van der Waals surface area contributed by atoms with Gasteiger partial charge in [0.1, 0.15) is 0 Å². The van der Waals surface area contributed by atoms with Crippen LogP contribution >= 0.6 is 11.6 Å². The third kappa shape index (κ3) is 2.71. The van der Waals surface area contributed by atoms with E-state index in [1.807, 2.05) is 19.1 Å². The highest BCUT2D eigenvalue weighted by molar-refractivity contribution is 7.89. The summed E-state index contributed by atoms with van der Waals surface area (Å²) in [6.45, 7) is 4.96. The lowest BCUT2D eigenvalue weighted by Gasteiger charge is -2.33. The number of piperidine rings is 1. The van der Waals surface area contributed by atoms with Crippen LogP contribution < -0.4 is 0 Å². The summed E-state index contributed by atoms with van der Waals surface area (Å²) in [6, 6.07) is 6.95. The second-order valence-corrected chi connectivity index (χ2v) is 7.46. The molecule has 1 fully saturated rings. The molecule has 1 aliphatic heterocycles. The van der Waals surface area contributed by atoms with Gasteiger partial charge in [0.2, 0.25) is 10.0 Å². The first kappa shape index (κ1) is 13.8. The van der Waals surface area contributed by atoms with Crippen LogP contribution in [-0.4, -0.2) is 31.2 Å². The molecular formula is C13H18ClNO2S. The van der Waals surface area contributed by atoms with Gasteiger partial charge in [-0.25, -0.2) is 8.42 Å². The number of hydrogen-bond donors (Lipinski definition) is 0. The van der Waals surface area contributed by atoms with Crippen molar-refractivity contribution in [2.24, 2.45) is 5.92 Å². The summed E-state index contributed by atoms with van der Waals surface area (Å²) in [5.41, 5.74) is 1.05. The number of alkyl halides is 1. The Labute approximate surface area is 114 Å². The van der Waals surface area contributed by atoms with Gasteiger partial charge in [-0.3, -0.25) is 0 Å². The minimum Gasteiger partial charge on any atom is -0.207 e. The van der Waals surface area contributed by atoms with Gasteiger partial charge < -0.3 is 0 Å². The number of aryl methyl sites for hydroxylation is 1. The van der Waals surface area contributed by atoms with E-state index in [1.165, 1.54) is 4.31 Å². The third-order valence-electron chi connectivity index (χ3n) is 3.49. The molecule has 0 bridgehead atoms. The maximum atomic E-state index is 12.4. The van der Waals surface area contributed by atoms with Gasteiger partial charge in [0.25, 0.3) is 0 Å². The van der Waals surface area contributed by atoms with E-state index >= 15 is 0 Å². The smallest absolute Gasteiger partial charge is 0.207 e. The zero-order valence-electron chi connectivity index (χ0n) is 10.6. The van der Waals surface area contributed by atoms with Crippen molar-refractivity contribution in [3.63, 3.8) is 0 Å². The molecule has 2 atom stereocenters. The van der Waals surface area contributed by atoms with Crippen molar-refractivity contribution in [3.8, 4) is 0 Å². The highest BCUT2D eigenvalue weighted by Crippen LogP contribution is 2.26. The first-order valence-electron chi connectivity index (χ1n) is 6.12. The van der Waals surface area contributed by atoms with E-state index < -0.39 is 10.0 Å². The Balaban J connectivity index is 2.24. The SMILES string of the molecule is Cc1ccc(S(=O)(=O)N2CCC(C)C(Cl)C2)cc1. The van der Waals surface area contributed by atoms with E-state index in [1.54, 1.807) is 12.1 Å². The molecule has 2 rings (SSSR count). The molecule has 2 unspecified atom stereocenters. The maximum absolute atomic E-state index is 12.4. The molecule has 3 nitrogen and oxygen atoms in total. The van der Waals surface area contributed by atoms with Crippen LogP contribution in [0.1, 0.15) is 18.9 Å². The van der Waals surface area contributed by atoms with E-state index in [-0.39, 0.29) is 5.38 Å². The van der Waals surface area contributed by atoms with Crippen LogP contribution in [0.3, 0.4) is 0 Å². The lowest BCUT2D eigenvalue weighted by Crippen LogP contribution is -2.43. The zero-order chi connectivity index (χ0) is 13.3. The first-order chi connectivity index (χ1) is 8.41. The molecule has 1 heterocycles. The van der Waals surface area contributed by atoms with Crippen molar-refractivity contribution in [1.82, 2.24) is 4.31 Å². The fourth-order valence-electron chi connectivity index (χ4n) is 2.07. The molecule has 0 N–H and O–H groups in total. The van der Waals surface area contributed by atoms with Crippen molar-refractivity contribution in [1.29, 1.82) is 0 Å². The van der Waals surface area contributed by atoms with E-state index in [4.69, 9.17) is 11.6 Å². The molecule has 0 radical (unpaired) electrons. The fourth-order valence-corrected chi connectivity index (χ4v) is 3.93. The van der Waals surface area contributed by atoms with Crippen LogP contribution in [0, 0.1) is 12.8 Å². The summed E-state index contributed by atoms with van der Waals surface area (Å²) in [4.78, 5) is 0.353. The highest BCUT2D eigenvalue weighted by atomic mass is 35.5. The number of nitrogens with zero attached hydrogens (tertiary/aromatic N) is 1. The largest absolute Gasteiger partial charge is 0.243 e. The molecule has 18 heavy (non-hydrogen) atoms. The maximum Gasteiger partial charge on any atom is 0.243 e. The Hall–Kier alpha value is -0.580. The van der Waals surface area contributed by atoms with E-state index in [0.717, 1.165) is 12.0 Å². The van der Waals surface area contributed by atoms with Crippen molar-refractivity contribution < 1.29 is 8.42 Å². The monoisotopic (exact) mass is 287 g/mol. The number of sulfonamides is 1. The molecule has 0 saturated carbocycles. The van der Waals surface area contributed by atoms with Crippen LogP contribution in [0.5, 0.6) is 0 Å². The van der Waals surface area contributed by atoms with Gasteiger partial charge in [-0.05, 0) is 31.4 Å². The van der Waals surface area contributed by atoms with Gasteiger partial charge in [-0.15, -0.1) is 11.6 Å². The van der Waals surface area contributed by atoms with Crippen LogP contribution in [0.4, 0.5) is 0 Å². The van der Waals surface area contributed by atoms with Gasteiger partial charge in [-0.1, -0.05) is 24.6 Å². The second-order valence-electron chi connectivity index (χ2n) is 4.96. The second kappa shape index (κ2) is 5.19. The predicted molar refractivity (Wildman–Crippen MR) is 73.4 cm³/mol. The molecule has 1 aromatic carbocycles. The molecule has 0 amide bonds. The molecule has 5 heteroatoms. The summed E-state index contributed by atoms with van der Waals surface area (Å²) in [6.07, 6.45) is 0.819. The van der Waals surface area contributed by atoms with E-state index in [2.05, 4.69) is 6.92 Å². The molecule has 1 aliphatic rings. The van der Waals surface area contributed by atoms with E-state index in [9.17, 15) is 8.42 Å². The van der Waals surface area contributed by atoms with Crippen LogP contribution in [-0.2, 0) is 10.0 Å². The van der Waals surface area contributed by atoms with Crippen LogP contribution in [0.25, 0.3) is 0 Å². The number of hydrogen-bond acceptors (Lipinski definition) is 2. The predicted octanol–water partition coefficient (Wildman–Crippen LogP) is 2.63. The first-order valence-corrected chi connectivity index (χ1v) is 8.00. The van der Waals surface area contributed by atoms with Crippen molar-refractivity contribution >= 4 is 21.6 Å². The average molecular weight is 288 g/mol. The van der Waals surface area contributed by atoms with Gasteiger partial charge in [-0.2, -0.15) is 4.31 Å². The molecule has 0 spiro atoms. The lowest BCUT2D eigenvalue weighted by molar-refractivity contribution is 0.293. The minimum absolute atomic E-state index is 0.0982. The van der Waals surface area contributed by atoms with Crippen LogP contribution in [0.15, 0.2) is 29.2 Å². The van der Waals surface area contributed by atoms with Crippen molar-refractivity contribution in [2.75, 3.05) is 13.1 Å². The topological polar surface area (TPSA) is 37.4 Å². The fraction of sp³-hybridized carbons (Fsp3) is 0.538. The molecular weight excluding hydrogens is 270 g/mol. The number of rotatable bonds is 2. The van der Waals surface area contributed by atoms with Gasteiger partial charge in [0.05, 0.1) is 4.90 Å². The third-order valence-corrected chi connectivity index (χ3v) is 5.94. The molecule has 0 aromatic heterocycles. The summed E-state index contributed by atoms with van der Waals surface area (Å²) < 4.78 is 26.3. The van der Waals surface area contributed by atoms with Gasteiger partial charge in [0, 0.05) is 18.5 Å². The summed E-state index contributed by atoms with van der Waals surface area (Å²) >= 11 is 6.17. The summed E-state index contributed by atoms with van der Waals surface area (Å²) in [7, 11) is -3.39. The standard InChI is InChI=1S/C13H18ClNO2S/c1-10-3-5-12(6-4-10)18(16,17)15-8-7-11(2)13(14)9-15/h3-6,11,13H,7-9H2,1-2H3. The Morgan fingerprint density at radius 3 is 2.44 bits per heavy atom. The van der Waals surface area contributed by atoms with Gasteiger partial charge in [0.15, 0.2) is 0 Å². The highest BCUT2D eigenvalue weighted by Gasteiger charge is 2.32. The Morgan fingerprint density at radius 1 is 1.28 bits per heavy atom. The van der Waals surface area contributed by atoms with Crippen molar-refractivity contribution in [3.05, 3.63) is 29.8 Å². The molecule has 100 valence electrons. The van der Waals surface area contributed by atoms with Crippen molar-refractivity contribution in [2.45, 2.75) is 30.5 Å². The summed E-state index contributed by atoms with van der Waals surface area (Å²) in [5.74, 6) is 0.371.